The predicted octanol–water partition coefficient (Wildman–Crippen LogP) is 3.68. The highest BCUT2D eigenvalue weighted by atomic mass is 16.2. The smallest absolute Gasteiger partial charge is 0.323 e. The van der Waals surface area contributed by atoms with Crippen molar-refractivity contribution in [3.05, 3.63) is 59.8 Å². The second-order valence-corrected chi connectivity index (χ2v) is 9.32. The van der Waals surface area contributed by atoms with Gasteiger partial charge in [-0.25, -0.2) is 4.79 Å². The zero-order chi connectivity index (χ0) is 25.1. The van der Waals surface area contributed by atoms with Gasteiger partial charge in [0, 0.05) is 55.4 Å². The molecule has 9 heteroatoms. The molecule has 2 heterocycles. The lowest BCUT2D eigenvalue weighted by Gasteiger charge is -2.35. The van der Waals surface area contributed by atoms with Gasteiger partial charge in [-0.1, -0.05) is 6.07 Å². The molecular weight excluding hydrogens is 444 g/mol. The topological polar surface area (TPSA) is 101 Å². The van der Waals surface area contributed by atoms with Crippen molar-refractivity contribution in [2.45, 2.75) is 18.9 Å². The minimum absolute atomic E-state index is 0.0319. The molecule has 4 amide bonds. The Balaban J connectivity index is 1.46. The van der Waals surface area contributed by atoms with E-state index < -0.39 is 6.03 Å². The first-order valence-corrected chi connectivity index (χ1v) is 11.7. The van der Waals surface area contributed by atoms with Crippen LogP contribution in [-0.4, -0.2) is 84.9 Å². The SMILES string of the molecule is CN(C)C(=O)c1ccc(NC(=O)Nc2cccc3[nH]c(C(=O)N4CCCC(N(C)C)C4)cc23)cc1. The first kappa shape index (κ1) is 24.3. The molecule has 0 spiro atoms. The molecule has 2 aromatic carbocycles. The molecule has 35 heavy (non-hydrogen) atoms. The number of urea groups is 1. The summed E-state index contributed by atoms with van der Waals surface area (Å²) >= 11 is 0. The minimum atomic E-state index is -0.414. The number of H-pyrrole nitrogens is 1. The highest BCUT2D eigenvalue weighted by Gasteiger charge is 2.26. The van der Waals surface area contributed by atoms with Crippen LogP contribution >= 0.6 is 0 Å². The van der Waals surface area contributed by atoms with Crippen LogP contribution in [0.2, 0.25) is 0 Å². The number of piperidine rings is 1. The number of hydrogen-bond acceptors (Lipinski definition) is 4. The van der Waals surface area contributed by atoms with Crippen molar-refractivity contribution < 1.29 is 14.4 Å². The van der Waals surface area contributed by atoms with Gasteiger partial charge < -0.3 is 30.3 Å². The number of likely N-dealkylation sites (tertiary alicyclic amines) is 1. The number of anilines is 2. The van der Waals surface area contributed by atoms with E-state index in [0.717, 1.165) is 30.3 Å². The Morgan fingerprint density at radius 1 is 1.00 bits per heavy atom. The minimum Gasteiger partial charge on any atom is -0.350 e. The van der Waals surface area contributed by atoms with Crippen molar-refractivity contribution in [3.8, 4) is 0 Å². The molecular formula is C26H32N6O3. The van der Waals surface area contributed by atoms with Crippen LogP contribution in [0.1, 0.15) is 33.7 Å². The third-order valence-electron chi connectivity index (χ3n) is 6.35. The third-order valence-corrected chi connectivity index (χ3v) is 6.35. The van der Waals surface area contributed by atoms with Gasteiger partial charge in [0.1, 0.15) is 5.69 Å². The summed E-state index contributed by atoms with van der Waals surface area (Å²) in [5.41, 5.74) is 2.99. The van der Waals surface area contributed by atoms with E-state index in [1.165, 1.54) is 4.90 Å². The maximum atomic E-state index is 13.2. The average Bonchev–Trinajstić information content (AvgIpc) is 3.29. The number of hydrogen-bond donors (Lipinski definition) is 3. The number of rotatable bonds is 5. The van der Waals surface area contributed by atoms with Crippen LogP contribution in [0.25, 0.3) is 10.9 Å². The van der Waals surface area contributed by atoms with E-state index in [2.05, 4.69) is 20.5 Å². The van der Waals surface area contributed by atoms with Crippen LogP contribution in [-0.2, 0) is 0 Å². The Morgan fingerprint density at radius 2 is 1.74 bits per heavy atom. The number of amides is 4. The zero-order valence-electron chi connectivity index (χ0n) is 20.6. The molecule has 0 radical (unpaired) electrons. The molecule has 3 aromatic rings. The standard InChI is InChI=1S/C26H32N6O3/c1-30(2)19-7-6-14-32(16-19)25(34)23-15-20-21(28-23)8-5-9-22(20)29-26(35)27-18-12-10-17(11-13-18)24(33)31(3)4/h5,8-13,15,19,28H,6-7,14,16H2,1-4H3,(H2,27,29,35). The van der Waals surface area contributed by atoms with E-state index in [1.54, 1.807) is 50.5 Å². The number of carbonyl (C=O) groups is 3. The van der Waals surface area contributed by atoms with Gasteiger partial charge in [-0.2, -0.15) is 0 Å². The molecule has 1 aliphatic rings. The molecule has 1 aliphatic heterocycles. The van der Waals surface area contributed by atoms with Crippen LogP contribution in [0.3, 0.4) is 0 Å². The van der Waals surface area contributed by atoms with E-state index in [-0.39, 0.29) is 11.8 Å². The van der Waals surface area contributed by atoms with Crippen molar-refractivity contribution in [1.29, 1.82) is 0 Å². The second kappa shape index (κ2) is 10.2. The molecule has 0 aliphatic carbocycles. The van der Waals surface area contributed by atoms with Crippen molar-refractivity contribution in [2.24, 2.45) is 0 Å². The highest BCUT2D eigenvalue weighted by molar-refractivity contribution is 6.08. The number of carbonyl (C=O) groups excluding carboxylic acids is 3. The lowest BCUT2D eigenvalue weighted by atomic mass is 10.0. The molecule has 1 fully saturated rings. The van der Waals surface area contributed by atoms with Crippen LogP contribution in [0.15, 0.2) is 48.5 Å². The Hall–Kier alpha value is -3.85. The maximum Gasteiger partial charge on any atom is 0.323 e. The summed E-state index contributed by atoms with van der Waals surface area (Å²) in [6, 6.07) is 14.0. The third kappa shape index (κ3) is 5.46. The molecule has 1 unspecified atom stereocenters. The number of fused-ring (bicyclic) bond motifs is 1. The Morgan fingerprint density at radius 3 is 2.43 bits per heavy atom. The summed E-state index contributed by atoms with van der Waals surface area (Å²) in [5, 5.41) is 6.41. The fraction of sp³-hybridized carbons (Fsp3) is 0.346. The molecule has 9 nitrogen and oxygen atoms in total. The Kier molecular flexibility index (Phi) is 7.07. The second-order valence-electron chi connectivity index (χ2n) is 9.32. The molecule has 1 aromatic heterocycles. The summed E-state index contributed by atoms with van der Waals surface area (Å²) in [6.07, 6.45) is 2.06. The predicted molar refractivity (Wildman–Crippen MR) is 138 cm³/mol. The lowest BCUT2D eigenvalue weighted by Crippen LogP contribution is -2.47. The molecule has 3 N–H and O–H groups in total. The van der Waals surface area contributed by atoms with E-state index in [1.807, 2.05) is 31.1 Å². The summed E-state index contributed by atoms with van der Waals surface area (Å²) in [6.45, 7) is 1.44. The van der Waals surface area contributed by atoms with E-state index in [9.17, 15) is 14.4 Å². The van der Waals surface area contributed by atoms with E-state index in [0.29, 0.717) is 35.2 Å². The monoisotopic (exact) mass is 476 g/mol. The van der Waals surface area contributed by atoms with Gasteiger partial charge >= 0.3 is 6.03 Å². The first-order chi connectivity index (χ1) is 16.7. The van der Waals surface area contributed by atoms with E-state index >= 15 is 0 Å². The Bertz CT molecular complexity index is 1230. The highest BCUT2D eigenvalue weighted by Crippen LogP contribution is 2.26. The number of aromatic nitrogens is 1. The molecule has 1 saturated heterocycles. The number of likely N-dealkylation sites (N-methyl/N-ethyl adjacent to an activating group) is 1. The number of nitrogens with one attached hydrogen (secondary N) is 3. The van der Waals surface area contributed by atoms with Crippen molar-refractivity contribution in [3.63, 3.8) is 0 Å². The fourth-order valence-electron chi connectivity index (χ4n) is 4.35. The molecule has 0 saturated carbocycles. The normalized spacial score (nSPS) is 15.8. The summed E-state index contributed by atoms with van der Waals surface area (Å²) in [7, 11) is 7.47. The largest absolute Gasteiger partial charge is 0.350 e. The van der Waals surface area contributed by atoms with Gasteiger partial charge in [0.2, 0.25) is 0 Å². The summed E-state index contributed by atoms with van der Waals surface area (Å²) in [5.74, 6) is -0.136. The lowest BCUT2D eigenvalue weighted by molar-refractivity contribution is 0.0630. The van der Waals surface area contributed by atoms with Gasteiger partial charge in [0.25, 0.3) is 11.8 Å². The quantitative estimate of drug-likeness (QED) is 0.523. The molecule has 184 valence electrons. The fourth-order valence-corrected chi connectivity index (χ4v) is 4.35. The van der Waals surface area contributed by atoms with E-state index in [4.69, 9.17) is 0 Å². The van der Waals surface area contributed by atoms with Crippen molar-refractivity contribution in [2.75, 3.05) is 51.9 Å². The first-order valence-electron chi connectivity index (χ1n) is 11.7. The van der Waals surface area contributed by atoms with Crippen LogP contribution in [0.4, 0.5) is 16.2 Å². The van der Waals surface area contributed by atoms with Gasteiger partial charge in [0.05, 0.1) is 5.69 Å². The summed E-state index contributed by atoms with van der Waals surface area (Å²) in [4.78, 5) is 46.6. The van der Waals surface area contributed by atoms with Gasteiger partial charge in [-0.3, -0.25) is 9.59 Å². The zero-order valence-corrected chi connectivity index (χ0v) is 20.6. The Labute approximate surface area is 205 Å². The number of benzene rings is 2. The van der Waals surface area contributed by atoms with Gasteiger partial charge in [-0.15, -0.1) is 0 Å². The van der Waals surface area contributed by atoms with Crippen LogP contribution in [0, 0.1) is 0 Å². The number of aromatic amines is 1. The van der Waals surface area contributed by atoms with Crippen LogP contribution in [0.5, 0.6) is 0 Å². The molecule has 4 rings (SSSR count). The van der Waals surface area contributed by atoms with Crippen molar-refractivity contribution >= 4 is 40.1 Å². The molecule has 0 bridgehead atoms. The van der Waals surface area contributed by atoms with Gasteiger partial charge in [-0.05, 0) is 69.4 Å². The maximum absolute atomic E-state index is 13.2. The number of nitrogens with zero attached hydrogens (tertiary/aromatic N) is 3. The van der Waals surface area contributed by atoms with Crippen molar-refractivity contribution in [1.82, 2.24) is 19.7 Å². The molecule has 1 atom stereocenters. The van der Waals surface area contributed by atoms with Crippen LogP contribution < -0.4 is 10.6 Å². The summed E-state index contributed by atoms with van der Waals surface area (Å²) < 4.78 is 0. The van der Waals surface area contributed by atoms with Gasteiger partial charge in [0.15, 0.2) is 0 Å². The average molecular weight is 477 g/mol.